The summed E-state index contributed by atoms with van der Waals surface area (Å²) in [6.45, 7) is 0. The number of hydrogen-bond acceptors (Lipinski definition) is 4. The van der Waals surface area contributed by atoms with Crippen molar-refractivity contribution in [2.75, 3.05) is 11.6 Å². The van der Waals surface area contributed by atoms with Gasteiger partial charge in [0.1, 0.15) is 12.1 Å². The topological polar surface area (TPSA) is 86.7 Å². The minimum absolute atomic E-state index is 0.149. The van der Waals surface area contributed by atoms with Gasteiger partial charge in [0.05, 0.1) is 12.3 Å². The van der Waals surface area contributed by atoms with Crippen LogP contribution in [0.25, 0.3) is 0 Å². The molecular weight excluding hydrogens is 349 g/mol. The molecule has 1 aliphatic carbocycles. The first-order valence-corrected chi connectivity index (χ1v) is 8.82. The van der Waals surface area contributed by atoms with Crippen LogP contribution in [0, 0.1) is 5.92 Å². The van der Waals surface area contributed by atoms with Gasteiger partial charge in [0, 0.05) is 11.7 Å². The van der Waals surface area contributed by atoms with E-state index in [-0.39, 0.29) is 17.6 Å². The second-order valence-corrected chi connectivity index (χ2v) is 7.02. The standard InChI is InChI=1S/C14H19F3N2O4S/c15-14(16,17)5-9(13(22)23)18-11(20)10-6-24-7-19(10)12(21)8-3-1-2-4-8/h8-10H,1-7H2,(H,18,20)(H,22,23). The lowest BCUT2D eigenvalue weighted by atomic mass is 10.1. The first-order valence-electron chi connectivity index (χ1n) is 7.67. The summed E-state index contributed by atoms with van der Waals surface area (Å²) in [4.78, 5) is 37.0. The van der Waals surface area contributed by atoms with Gasteiger partial charge in [0.25, 0.3) is 0 Å². The zero-order chi connectivity index (χ0) is 17.9. The van der Waals surface area contributed by atoms with Crippen molar-refractivity contribution in [1.29, 1.82) is 0 Å². The van der Waals surface area contributed by atoms with E-state index >= 15 is 0 Å². The third kappa shape index (κ3) is 4.78. The second kappa shape index (κ2) is 7.62. The quantitative estimate of drug-likeness (QED) is 0.770. The molecule has 1 saturated carbocycles. The molecule has 136 valence electrons. The Morgan fingerprint density at radius 3 is 2.42 bits per heavy atom. The maximum absolute atomic E-state index is 12.4. The number of nitrogens with zero attached hydrogens (tertiary/aromatic N) is 1. The molecule has 1 saturated heterocycles. The summed E-state index contributed by atoms with van der Waals surface area (Å²) in [7, 11) is 0. The zero-order valence-electron chi connectivity index (χ0n) is 12.8. The minimum atomic E-state index is -4.71. The van der Waals surface area contributed by atoms with Crippen LogP contribution in [0.4, 0.5) is 13.2 Å². The molecule has 10 heteroatoms. The Kier molecular flexibility index (Phi) is 6.00. The molecule has 2 fully saturated rings. The lowest BCUT2D eigenvalue weighted by Crippen LogP contribution is -2.53. The van der Waals surface area contributed by atoms with Crippen molar-refractivity contribution in [1.82, 2.24) is 10.2 Å². The highest BCUT2D eigenvalue weighted by Gasteiger charge is 2.41. The van der Waals surface area contributed by atoms with E-state index in [0.29, 0.717) is 5.88 Å². The highest BCUT2D eigenvalue weighted by Crippen LogP contribution is 2.31. The maximum atomic E-state index is 12.4. The number of carbonyl (C=O) groups is 3. The predicted octanol–water partition coefficient (Wildman–Crippen LogP) is 1.60. The van der Waals surface area contributed by atoms with Gasteiger partial charge >= 0.3 is 12.1 Å². The molecule has 6 nitrogen and oxygen atoms in total. The molecule has 2 rings (SSSR count). The fraction of sp³-hybridized carbons (Fsp3) is 0.786. The predicted molar refractivity (Wildman–Crippen MR) is 80.2 cm³/mol. The summed E-state index contributed by atoms with van der Waals surface area (Å²) in [5.41, 5.74) is 0. The van der Waals surface area contributed by atoms with Crippen molar-refractivity contribution in [2.24, 2.45) is 5.92 Å². The number of thioether (sulfide) groups is 1. The highest BCUT2D eigenvalue weighted by molar-refractivity contribution is 7.99. The maximum Gasteiger partial charge on any atom is 0.391 e. The molecule has 2 unspecified atom stereocenters. The highest BCUT2D eigenvalue weighted by atomic mass is 32.2. The molecule has 0 radical (unpaired) electrons. The Bertz CT molecular complexity index is 509. The van der Waals surface area contributed by atoms with Crippen molar-refractivity contribution < 1.29 is 32.7 Å². The van der Waals surface area contributed by atoms with Crippen molar-refractivity contribution in [3.63, 3.8) is 0 Å². The largest absolute Gasteiger partial charge is 0.480 e. The molecule has 2 amide bonds. The van der Waals surface area contributed by atoms with Gasteiger partial charge in [0.15, 0.2) is 0 Å². The Hall–Kier alpha value is -1.45. The van der Waals surface area contributed by atoms with Crippen molar-refractivity contribution in [2.45, 2.75) is 50.4 Å². The lowest BCUT2D eigenvalue weighted by Gasteiger charge is -2.27. The number of alkyl halides is 3. The molecule has 2 atom stereocenters. The molecule has 2 aliphatic rings. The van der Waals surface area contributed by atoms with Crippen molar-refractivity contribution in [3.8, 4) is 0 Å². The van der Waals surface area contributed by atoms with Gasteiger partial charge in [-0.25, -0.2) is 4.79 Å². The van der Waals surface area contributed by atoms with E-state index in [1.807, 2.05) is 5.32 Å². The zero-order valence-corrected chi connectivity index (χ0v) is 13.7. The molecule has 0 bridgehead atoms. The summed E-state index contributed by atoms with van der Waals surface area (Å²) in [5, 5.41) is 10.8. The van der Waals surface area contributed by atoms with Crippen molar-refractivity contribution in [3.05, 3.63) is 0 Å². The number of aliphatic carboxylic acids is 1. The van der Waals surface area contributed by atoms with Gasteiger partial charge < -0.3 is 15.3 Å². The van der Waals surface area contributed by atoms with Gasteiger partial charge in [-0.1, -0.05) is 12.8 Å². The Balaban J connectivity index is 2.01. The summed E-state index contributed by atoms with van der Waals surface area (Å²) in [6, 6.07) is -2.97. The molecule has 2 N–H and O–H groups in total. The average molecular weight is 368 g/mol. The number of carboxylic acids is 1. The third-order valence-corrected chi connectivity index (χ3v) is 5.23. The van der Waals surface area contributed by atoms with Gasteiger partial charge in [-0.15, -0.1) is 11.8 Å². The van der Waals surface area contributed by atoms with Crippen LogP contribution in [0.15, 0.2) is 0 Å². The summed E-state index contributed by atoms with van der Waals surface area (Å²) >= 11 is 1.33. The average Bonchev–Trinajstić information content (AvgIpc) is 3.15. The second-order valence-electron chi connectivity index (χ2n) is 6.02. The summed E-state index contributed by atoms with van der Waals surface area (Å²) < 4.78 is 37.3. The Morgan fingerprint density at radius 2 is 1.88 bits per heavy atom. The minimum Gasteiger partial charge on any atom is -0.480 e. The smallest absolute Gasteiger partial charge is 0.391 e. The van der Waals surface area contributed by atoms with Gasteiger partial charge in [-0.2, -0.15) is 13.2 Å². The van der Waals surface area contributed by atoms with E-state index in [1.54, 1.807) is 0 Å². The number of amides is 2. The Labute approximate surface area is 141 Å². The number of nitrogens with one attached hydrogen (secondary N) is 1. The van der Waals surface area contributed by atoms with Crippen LogP contribution in [0.2, 0.25) is 0 Å². The van der Waals surface area contributed by atoms with Crippen LogP contribution in [0.1, 0.15) is 32.1 Å². The summed E-state index contributed by atoms with van der Waals surface area (Å²) in [6.07, 6.45) is -2.97. The van der Waals surface area contributed by atoms with Crippen LogP contribution in [-0.4, -0.2) is 57.7 Å². The number of carboxylic acid groups (broad SMARTS) is 1. The molecule has 0 aromatic rings. The number of carbonyl (C=O) groups excluding carboxylic acids is 2. The molecular formula is C14H19F3N2O4S. The molecule has 0 aromatic heterocycles. The van der Waals surface area contributed by atoms with E-state index < -0.39 is 36.6 Å². The van der Waals surface area contributed by atoms with E-state index in [2.05, 4.69) is 0 Å². The normalized spacial score (nSPS) is 23.3. The molecule has 1 aliphatic heterocycles. The molecule has 24 heavy (non-hydrogen) atoms. The number of rotatable bonds is 5. The van der Waals surface area contributed by atoms with Gasteiger partial charge in [-0.3, -0.25) is 9.59 Å². The first-order chi connectivity index (χ1) is 11.2. The molecule has 1 heterocycles. The SMILES string of the molecule is O=C(O)C(CC(F)(F)F)NC(=O)C1CSCN1C(=O)C1CCCC1. The number of hydrogen-bond donors (Lipinski definition) is 2. The van der Waals surface area contributed by atoms with Crippen LogP contribution in [0.5, 0.6) is 0 Å². The first kappa shape index (κ1) is 18.9. The van der Waals surface area contributed by atoms with E-state index in [1.165, 1.54) is 16.7 Å². The molecule has 0 spiro atoms. The van der Waals surface area contributed by atoms with E-state index in [4.69, 9.17) is 5.11 Å². The van der Waals surface area contributed by atoms with E-state index in [0.717, 1.165) is 25.7 Å². The van der Waals surface area contributed by atoms with Gasteiger partial charge in [0.2, 0.25) is 11.8 Å². The lowest BCUT2D eigenvalue weighted by molar-refractivity contribution is -0.160. The summed E-state index contributed by atoms with van der Waals surface area (Å²) in [5.74, 6) is -2.36. The molecule has 0 aromatic carbocycles. The van der Waals surface area contributed by atoms with Crippen molar-refractivity contribution >= 4 is 29.5 Å². The monoisotopic (exact) mass is 368 g/mol. The number of halogens is 3. The Morgan fingerprint density at radius 1 is 1.25 bits per heavy atom. The van der Waals surface area contributed by atoms with E-state index in [9.17, 15) is 27.6 Å². The van der Waals surface area contributed by atoms with Crippen LogP contribution < -0.4 is 5.32 Å². The van der Waals surface area contributed by atoms with Crippen LogP contribution >= 0.6 is 11.8 Å². The van der Waals surface area contributed by atoms with Crippen LogP contribution in [-0.2, 0) is 14.4 Å². The van der Waals surface area contributed by atoms with Crippen LogP contribution in [0.3, 0.4) is 0 Å². The fourth-order valence-electron chi connectivity index (χ4n) is 2.98. The third-order valence-electron chi connectivity index (χ3n) is 4.22. The van der Waals surface area contributed by atoms with Gasteiger partial charge in [-0.05, 0) is 12.8 Å². The fourth-order valence-corrected chi connectivity index (χ4v) is 4.15.